The molecule has 1 rings (SSSR count). The third kappa shape index (κ3) is 6.54. The fourth-order valence-electron chi connectivity index (χ4n) is 1.80. The quantitative estimate of drug-likeness (QED) is 0.648. The zero-order chi connectivity index (χ0) is 15.7. The minimum atomic E-state index is -3.44. The van der Waals surface area contributed by atoms with Gasteiger partial charge in [-0.1, -0.05) is 12.1 Å². The molecular formula is C14H25N3O3S. The van der Waals surface area contributed by atoms with Crippen LogP contribution in [0.15, 0.2) is 29.2 Å². The summed E-state index contributed by atoms with van der Waals surface area (Å²) < 4.78 is 31.8. The molecule has 0 saturated heterocycles. The van der Waals surface area contributed by atoms with Gasteiger partial charge in [-0.3, -0.25) is 0 Å². The Morgan fingerprint density at radius 1 is 1.19 bits per heavy atom. The van der Waals surface area contributed by atoms with Crippen molar-refractivity contribution < 1.29 is 13.2 Å². The Hall–Kier alpha value is -0.990. The summed E-state index contributed by atoms with van der Waals surface area (Å²) in [5.41, 5.74) is 1.05. The number of methoxy groups -OCH3 is 1. The SMILES string of the molecule is CNCc1ccc(S(=O)(=O)NCCN(C)CCOC)cc1. The van der Waals surface area contributed by atoms with Crippen molar-refractivity contribution in [3.63, 3.8) is 0 Å². The lowest BCUT2D eigenvalue weighted by Crippen LogP contribution is -2.34. The molecule has 0 atom stereocenters. The number of nitrogens with one attached hydrogen (secondary N) is 2. The maximum absolute atomic E-state index is 12.1. The molecule has 0 fully saturated rings. The van der Waals surface area contributed by atoms with Crippen molar-refractivity contribution in [1.29, 1.82) is 0 Å². The maximum atomic E-state index is 12.1. The van der Waals surface area contributed by atoms with E-state index in [4.69, 9.17) is 4.74 Å². The van der Waals surface area contributed by atoms with E-state index in [-0.39, 0.29) is 0 Å². The molecule has 0 radical (unpaired) electrons. The number of hydrogen-bond acceptors (Lipinski definition) is 5. The lowest BCUT2D eigenvalue weighted by molar-refractivity contribution is 0.162. The Labute approximate surface area is 127 Å². The third-order valence-electron chi connectivity index (χ3n) is 3.08. The predicted octanol–water partition coefficient (Wildman–Crippen LogP) is 0.263. The molecule has 0 unspecified atom stereocenters. The highest BCUT2D eigenvalue weighted by atomic mass is 32.2. The summed E-state index contributed by atoms with van der Waals surface area (Å²) >= 11 is 0. The van der Waals surface area contributed by atoms with E-state index in [9.17, 15) is 8.42 Å². The number of benzene rings is 1. The van der Waals surface area contributed by atoms with Crippen LogP contribution in [0.1, 0.15) is 5.56 Å². The minimum absolute atomic E-state index is 0.293. The summed E-state index contributed by atoms with van der Waals surface area (Å²) in [5, 5.41) is 3.02. The standard InChI is InChI=1S/C14H25N3O3S/c1-15-12-13-4-6-14(7-5-13)21(18,19)16-8-9-17(2)10-11-20-3/h4-7,15-16H,8-12H2,1-3H3. The Morgan fingerprint density at radius 3 is 2.43 bits per heavy atom. The minimum Gasteiger partial charge on any atom is -0.383 e. The van der Waals surface area contributed by atoms with Gasteiger partial charge in [0.25, 0.3) is 0 Å². The van der Waals surface area contributed by atoms with Crippen molar-refractivity contribution in [2.75, 3.05) is 47.4 Å². The number of likely N-dealkylation sites (N-methyl/N-ethyl adjacent to an activating group) is 1. The Kier molecular flexibility index (Phi) is 7.84. The fourth-order valence-corrected chi connectivity index (χ4v) is 2.82. The van der Waals surface area contributed by atoms with Crippen molar-refractivity contribution in [3.05, 3.63) is 29.8 Å². The van der Waals surface area contributed by atoms with Crippen molar-refractivity contribution in [1.82, 2.24) is 14.9 Å². The van der Waals surface area contributed by atoms with Crippen molar-refractivity contribution >= 4 is 10.0 Å². The van der Waals surface area contributed by atoms with Gasteiger partial charge in [-0.15, -0.1) is 0 Å². The molecule has 7 heteroatoms. The van der Waals surface area contributed by atoms with Gasteiger partial charge in [-0.25, -0.2) is 13.1 Å². The van der Waals surface area contributed by atoms with E-state index in [1.165, 1.54) is 0 Å². The van der Waals surface area contributed by atoms with Crippen LogP contribution in [0.5, 0.6) is 0 Å². The van der Waals surface area contributed by atoms with Crippen LogP contribution in [0.3, 0.4) is 0 Å². The first-order valence-corrected chi connectivity index (χ1v) is 8.38. The molecule has 0 amide bonds. The topological polar surface area (TPSA) is 70.7 Å². The Bertz CT molecular complexity index is 503. The molecule has 0 spiro atoms. The van der Waals surface area contributed by atoms with Crippen LogP contribution in [-0.4, -0.2) is 60.8 Å². The zero-order valence-electron chi connectivity index (χ0n) is 12.9. The highest BCUT2D eigenvalue weighted by Crippen LogP contribution is 2.10. The summed E-state index contributed by atoms with van der Waals surface area (Å²) in [5.74, 6) is 0. The number of ether oxygens (including phenoxy) is 1. The number of hydrogen-bond donors (Lipinski definition) is 2. The van der Waals surface area contributed by atoms with Gasteiger partial charge in [-0.05, 0) is 31.8 Å². The van der Waals surface area contributed by atoms with Gasteiger partial charge in [0.15, 0.2) is 0 Å². The second kappa shape index (κ2) is 9.11. The summed E-state index contributed by atoms with van der Waals surface area (Å²) in [4.78, 5) is 2.31. The van der Waals surface area contributed by atoms with Crippen molar-refractivity contribution in [2.24, 2.45) is 0 Å². The van der Waals surface area contributed by atoms with E-state index < -0.39 is 10.0 Å². The second-order valence-corrected chi connectivity index (χ2v) is 6.64. The Balaban J connectivity index is 2.49. The number of sulfonamides is 1. The van der Waals surface area contributed by atoms with Crippen LogP contribution >= 0.6 is 0 Å². The van der Waals surface area contributed by atoms with Gasteiger partial charge in [0, 0.05) is 33.3 Å². The maximum Gasteiger partial charge on any atom is 0.240 e. The van der Waals surface area contributed by atoms with Crippen LogP contribution < -0.4 is 10.0 Å². The van der Waals surface area contributed by atoms with Gasteiger partial charge in [0.2, 0.25) is 10.0 Å². The molecule has 0 aromatic heterocycles. The number of rotatable bonds is 10. The molecule has 0 saturated carbocycles. The van der Waals surface area contributed by atoms with E-state index >= 15 is 0 Å². The van der Waals surface area contributed by atoms with Crippen LogP contribution in [-0.2, 0) is 21.3 Å². The normalized spacial score (nSPS) is 12.0. The summed E-state index contributed by atoms with van der Waals surface area (Å²) in [6.45, 7) is 3.15. The van der Waals surface area contributed by atoms with Crippen LogP contribution in [0.25, 0.3) is 0 Å². The van der Waals surface area contributed by atoms with Gasteiger partial charge in [-0.2, -0.15) is 0 Å². The summed E-state index contributed by atoms with van der Waals surface area (Å²) in [6, 6.07) is 6.89. The first-order chi connectivity index (χ1) is 9.99. The molecule has 0 aliphatic carbocycles. The monoisotopic (exact) mass is 315 g/mol. The van der Waals surface area contributed by atoms with Gasteiger partial charge < -0.3 is 15.0 Å². The molecule has 0 heterocycles. The predicted molar refractivity (Wildman–Crippen MR) is 83.8 cm³/mol. The lowest BCUT2D eigenvalue weighted by Gasteiger charge is -2.16. The van der Waals surface area contributed by atoms with Crippen LogP contribution in [0, 0.1) is 0 Å². The average Bonchev–Trinajstić information content (AvgIpc) is 2.46. The largest absolute Gasteiger partial charge is 0.383 e. The molecule has 2 N–H and O–H groups in total. The van der Waals surface area contributed by atoms with Crippen molar-refractivity contribution in [2.45, 2.75) is 11.4 Å². The zero-order valence-corrected chi connectivity index (χ0v) is 13.7. The van der Waals surface area contributed by atoms with E-state index in [2.05, 4.69) is 10.0 Å². The molecule has 120 valence electrons. The van der Waals surface area contributed by atoms with Crippen LogP contribution in [0.2, 0.25) is 0 Å². The van der Waals surface area contributed by atoms with Crippen molar-refractivity contribution in [3.8, 4) is 0 Å². The summed E-state index contributed by atoms with van der Waals surface area (Å²) in [6.07, 6.45) is 0. The fraction of sp³-hybridized carbons (Fsp3) is 0.571. The molecule has 1 aromatic carbocycles. The average molecular weight is 315 g/mol. The molecule has 0 aliphatic rings. The third-order valence-corrected chi connectivity index (χ3v) is 4.55. The summed E-state index contributed by atoms with van der Waals surface area (Å²) in [7, 11) is 1.99. The molecule has 1 aromatic rings. The molecular weight excluding hydrogens is 290 g/mol. The van der Waals surface area contributed by atoms with E-state index in [1.54, 1.807) is 19.2 Å². The molecule has 21 heavy (non-hydrogen) atoms. The molecule has 6 nitrogen and oxygen atoms in total. The van der Waals surface area contributed by atoms with Gasteiger partial charge >= 0.3 is 0 Å². The van der Waals surface area contributed by atoms with E-state index in [1.807, 2.05) is 31.1 Å². The highest BCUT2D eigenvalue weighted by molar-refractivity contribution is 7.89. The Morgan fingerprint density at radius 2 is 1.86 bits per heavy atom. The van der Waals surface area contributed by atoms with Gasteiger partial charge in [0.1, 0.15) is 0 Å². The molecule has 0 bridgehead atoms. The molecule has 0 aliphatic heterocycles. The van der Waals surface area contributed by atoms with E-state index in [0.29, 0.717) is 24.6 Å². The second-order valence-electron chi connectivity index (χ2n) is 4.87. The number of nitrogens with zero attached hydrogens (tertiary/aromatic N) is 1. The highest BCUT2D eigenvalue weighted by Gasteiger charge is 2.13. The van der Waals surface area contributed by atoms with Gasteiger partial charge in [0.05, 0.1) is 11.5 Å². The first kappa shape index (κ1) is 18.1. The smallest absolute Gasteiger partial charge is 0.240 e. The van der Waals surface area contributed by atoms with Crippen LogP contribution in [0.4, 0.5) is 0 Å². The first-order valence-electron chi connectivity index (χ1n) is 6.90. The van der Waals surface area contributed by atoms with E-state index in [0.717, 1.165) is 18.7 Å². The lowest BCUT2D eigenvalue weighted by atomic mass is 10.2.